The first-order chi connectivity index (χ1) is 15.7. The lowest BCUT2D eigenvalue weighted by atomic mass is 10.0. The number of allylic oxidation sites excluding steroid dienone is 2. The van der Waals surface area contributed by atoms with E-state index in [-0.39, 0.29) is 11.3 Å². The predicted octanol–water partition coefficient (Wildman–Crippen LogP) is 7.78. The molecule has 0 unspecified atom stereocenters. The SMILES string of the molecule is CCCCCCCCCCCCCCCCOc1ccc(NC(C#N)=C(C#N)C#N)cc1. The number of hydrogen-bond donors (Lipinski definition) is 1. The highest BCUT2D eigenvalue weighted by molar-refractivity contribution is 5.58. The first kappa shape index (κ1) is 27.1. The number of rotatable bonds is 18. The molecule has 1 rings (SSSR count). The van der Waals surface area contributed by atoms with Gasteiger partial charge < -0.3 is 10.1 Å². The van der Waals surface area contributed by atoms with E-state index in [2.05, 4.69) is 12.2 Å². The van der Waals surface area contributed by atoms with Crippen molar-refractivity contribution in [1.82, 2.24) is 0 Å². The number of hydrogen-bond acceptors (Lipinski definition) is 5. The third-order valence-electron chi connectivity index (χ3n) is 5.48. The highest BCUT2D eigenvalue weighted by atomic mass is 16.5. The highest BCUT2D eigenvalue weighted by Crippen LogP contribution is 2.19. The molecule has 5 nitrogen and oxygen atoms in total. The summed E-state index contributed by atoms with van der Waals surface area (Å²) in [7, 11) is 0. The number of unbranched alkanes of at least 4 members (excludes halogenated alkanes) is 13. The molecule has 0 saturated heterocycles. The average molecular weight is 435 g/mol. The van der Waals surface area contributed by atoms with E-state index in [4.69, 9.17) is 20.5 Å². The Bertz CT molecular complexity index is 762. The predicted molar refractivity (Wildman–Crippen MR) is 130 cm³/mol. The van der Waals surface area contributed by atoms with Gasteiger partial charge in [-0.25, -0.2) is 0 Å². The summed E-state index contributed by atoms with van der Waals surface area (Å²) in [5.41, 5.74) is 0.352. The zero-order valence-electron chi connectivity index (χ0n) is 19.7. The minimum absolute atomic E-state index is 0.0499. The Balaban J connectivity index is 2.05. The molecule has 0 spiro atoms. The molecule has 172 valence electrons. The average Bonchev–Trinajstić information content (AvgIpc) is 2.82. The van der Waals surface area contributed by atoms with Gasteiger partial charge in [0, 0.05) is 5.69 Å². The molecular formula is C27H38N4O. The quantitative estimate of drug-likeness (QED) is 0.188. The van der Waals surface area contributed by atoms with Gasteiger partial charge in [-0.15, -0.1) is 0 Å². The third kappa shape index (κ3) is 12.7. The Labute approximate surface area is 194 Å². The third-order valence-corrected chi connectivity index (χ3v) is 5.48. The molecule has 1 aromatic carbocycles. The molecule has 0 saturated carbocycles. The summed E-state index contributed by atoms with van der Waals surface area (Å²) in [6.45, 7) is 2.96. The number of benzene rings is 1. The fourth-order valence-corrected chi connectivity index (χ4v) is 3.55. The summed E-state index contributed by atoms with van der Waals surface area (Å²) in [6.07, 6.45) is 18.7. The van der Waals surface area contributed by atoms with E-state index in [1.165, 1.54) is 83.5 Å². The van der Waals surface area contributed by atoms with E-state index in [9.17, 15) is 0 Å². The second-order valence-electron chi connectivity index (χ2n) is 8.18. The molecule has 0 aliphatic rings. The molecule has 0 aromatic heterocycles. The van der Waals surface area contributed by atoms with Crippen LogP contribution >= 0.6 is 0 Å². The van der Waals surface area contributed by atoms with Crippen molar-refractivity contribution in [2.45, 2.75) is 96.8 Å². The van der Waals surface area contributed by atoms with E-state index >= 15 is 0 Å². The Morgan fingerprint density at radius 3 is 1.59 bits per heavy atom. The van der Waals surface area contributed by atoms with Crippen LogP contribution in [0.4, 0.5) is 5.69 Å². The van der Waals surface area contributed by atoms with Gasteiger partial charge in [-0.05, 0) is 30.7 Å². The van der Waals surface area contributed by atoms with Crippen LogP contribution in [0.5, 0.6) is 5.75 Å². The van der Waals surface area contributed by atoms with Gasteiger partial charge in [-0.2, -0.15) is 15.8 Å². The van der Waals surface area contributed by atoms with Gasteiger partial charge in [-0.3, -0.25) is 0 Å². The van der Waals surface area contributed by atoms with Crippen LogP contribution in [0.2, 0.25) is 0 Å². The van der Waals surface area contributed by atoms with Crippen LogP contribution in [-0.2, 0) is 0 Å². The second-order valence-corrected chi connectivity index (χ2v) is 8.18. The Kier molecular flexibility index (Phi) is 15.9. The van der Waals surface area contributed by atoms with Gasteiger partial charge in [0.15, 0.2) is 5.57 Å². The van der Waals surface area contributed by atoms with E-state index in [0.29, 0.717) is 12.3 Å². The molecule has 0 bridgehead atoms. The summed E-state index contributed by atoms with van der Waals surface area (Å²) >= 11 is 0. The number of nitrogens with one attached hydrogen (secondary N) is 1. The fraction of sp³-hybridized carbons (Fsp3) is 0.593. The van der Waals surface area contributed by atoms with Gasteiger partial charge in [-0.1, -0.05) is 90.4 Å². The van der Waals surface area contributed by atoms with Crippen LogP contribution in [0.15, 0.2) is 35.5 Å². The lowest BCUT2D eigenvalue weighted by Crippen LogP contribution is -2.01. The van der Waals surface area contributed by atoms with Crippen molar-refractivity contribution in [3.05, 3.63) is 35.5 Å². The van der Waals surface area contributed by atoms with E-state index in [1.54, 1.807) is 24.3 Å². The minimum Gasteiger partial charge on any atom is -0.494 e. The van der Waals surface area contributed by atoms with E-state index < -0.39 is 0 Å². The number of nitrogens with zero attached hydrogens (tertiary/aromatic N) is 3. The van der Waals surface area contributed by atoms with Crippen molar-refractivity contribution >= 4 is 5.69 Å². The molecule has 32 heavy (non-hydrogen) atoms. The molecule has 5 heteroatoms. The van der Waals surface area contributed by atoms with Gasteiger partial charge >= 0.3 is 0 Å². The zero-order chi connectivity index (χ0) is 23.3. The number of anilines is 1. The normalized spacial score (nSPS) is 9.94. The summed E-state index contributed by atoms with van der Waals surface area (Å²) in [5.74, 6) is 0.772. The van der Waals surface area contributed by atoms with Crippen molar-refractivity contribution in [3.8, 4) is 24.0 Å². The lowest BCUT2D eigenvalue weighted by molar-refractivity contribution is 0.304. The number of ether oxygens (including phenoxy) is 1. The molecule has 0 amide bonds. The maximum absolute atomic E-state index is 9.08. The van der Waals surface area contributed by atoms with E-state index in [1.807, 2.05) is 18.2 Å². The van der Waals surface area contributed by atoms with Crippen molar-refractivity contribution in [1.29, 1.82) is 15.8 Å². The lowest BCUT2D eigenvalue weighted by Gasteiger charge is -2.08. The Morgan fingerprint density at radius 1 is 0.688 bits per heavy atom. The topological polar surface area (TPSA) is 92.6 Å². The smallest absolute Gasteiger partial charge is 0.163 e. The summed E-state index contributed by atoms with van der Waals surface area (Å²) < 4.78 is 5.78. The first-order valence-electron chi connectivity index (χ1n) is 12.2. The van der Waals surface area contributed by atoms with Crippen LogP contribution in [0, 0.1) is 34.0 Å². The minimum atomic E-state index is -0.231. The zero-order valence-corrected chi connectivity index (χ0v) is 19.7. The molecule has 0 heterocycles. The van der Waals surface area contributed by atoms with Crippen molar-refractivity contribution in [3.63, 3.8) is 0 Å². The first-order valence-corrected chi connectivity index (χ1v) is 12.2. The van der Waals surface area contributed by atoms with Crippen LogP contribution in [0.25, 0.3) is 0 Å². The standard InChI is InChI=1S/C27H38N4O/c1-2-3-4-5-6-7-8-9-10-11-12-13-14-15-20-32-26-18-16-25(17-19-26)31-27(23-30)24(21-28)22-29/h16-19,31H,2-15,20H2,1H3. The van der Waals surface area contributed by atoms with Gasteiger partial charge in [0.05, 0.1) is 6.61 Å². The molecule has 0 aliphatic heterocycles. The van der Waals surface area contributed by atoms with Crippen LogP contribution in [-0.4, -0.2) is 6.61 Å². The Morgan fingerprint density at radius 2 is 1.16 bits per heavy atom. The summed E-state index contributed by atoms with van der Waals surface area (Å²) in [6, 6.07) is 12.4. The summed E-state index contributed by atoms with van der Waals surface area (Å²) in [5, 5.41) is 29.6. The molecule has 1 aromatic rings. The van der Waals surface area contributed by atoms with Crippen molar-refractivity contribution < 1.29 is 4.74 Å². The monoisotopic (exact) mass is 434 g/mol. The van der Waals surface area contributed by atoms with Crippen molar-refractivity contribution in [2.75, 3.05) is 11.9 Å². The van der Waals surface area contributed by atoms with Gasteiger partial charge in [0.1, 0.15) is 29.7 Å². The van der Waals surface area contributed by atoms with Crippen LogP contribution < -0.4 is 10.1 Å². The number of nitriles is 3. The maximum Gasteiger partial charge on any atom is 0.163 e. The highest BCUT2D eigenvalue weighted by Gasteiger charge is 2.06. The summed E-state index contributed by atoms with van der Waals surface area (Å²) in [4.78, 5) is 0. The second kappa shape index (κ2) is 18.8. The molecule has 0 fully saturated rings. The fourth-order valence-electron chi connectivity index (χ4n) is 3.55. The maximum atomic E-state index is 9.08. The Hall–Kier alpha value is -2.97. The van der Waals surface area contributed by atoms with E-state index in [0.717, 1.165) is 12.2 Å². The van der Waals surface area contributed by atoms with Crippen LogP contribution in [0.1, 0.15) is 96.8 Å². The van der Waals surface area contributed by atoms with Crippen LogP contribution in [0.3, 0.4) is 0 Å². The van der Waals surface area contributed by atoms with Crippen molar-refractivity contribution in [2.24, 2.45) is 0 Å². The molecule has 0 aliphatic carbocycles. The van der Waals surface area contributed by atoms with Gasteiger partial charge in [0.2, 0.25) is 0 Å². The molecule has 1 N–H and O–H groups in total. The molecule has 0 atom stereocenters. The van der Waals surface area contributed by atoms with Gasteiger partial charge in [0.25, 0.3) is 0 Å². The molecule has 0 radical (unpaired) electrons. The largest absolute Gasteiger partial charge is 0.494 e. The molecular weight excluding hydrogens is 396 g/mol.